The van der Waals surface area contributed by atoms with Crippen LogP contribution in [0.15, 0.2) is 5.38 Å². The number of hydrogen-bond donors (Lipinski definition) is 2. The monoisotopic (exact) mass is 284 g/mol. The van der Waals surface area contributed by atoms with Crippen molar-refractivity contribution in [3.8, 4) is 0 Å². The fourth-order valence-electron chi connectivity index (χ4n) is 1.67. The van der Waals surface area contributed by atoms with Gasteiger partial charge in [0.25, 0.3) is 0 Å². The standard InChI is InChI=1S/C13H20N2O3S/c1-2-3-4-5-6-7-11(16)15-13-14-10(9-19-13)8-12(17)18/h9H,2-8H2,1H3,(H,17,18)(H,14,15,16). The minimum Gasteiger partial charge on any atom is -0.481 e. The lowest BCUT2D eigenvalue weighted by atomic mass is 10.1. The highest BCUT2D eigenvalue weighted by atomic mass is 32.1. The van der Waals surface area contributed by atoms with Crippen molar-refractivity contribution in [2.45, 2.75) is 51.9 Å². The number of hydrogen-bond acceptors (Lipinski definition) is 4. The van der Waals surface area contributed by atoms with Crippen LogP contribution in [0.5, 0.6) is 0 Å². The van der Waals surface area contributed by atoms with Gasteiger partial charge in [0.15, 0.2) is 5.13 Å². The third-order valence-electron chi connectivity index (χ3n) is 2.64. The highest BCUT2D eigenvalue weighted by molar-refractivity contribution is 7.13. The van der Waals surface area contributed by atoms with Gasteiger partial charge in [0.2, 0.25) is 5.91 Å². The summed E-state index contributed by atoms with van der Waals surface area (Å²) in [6.07, 6.45) is 5.93. The van der Waals surface area contributed by atoms with Gasteiger partial charge >= 0.3 is 5.97 Å². The minimum atomic E-state index is -0.917. The Morgan fingerprint density at radius 2 is 2.05 bits per heavy atom. The predicted octanol–water partition coefficient (Wildman–Crippen LogP) is 3.07. The lowest BCUT2D eigenvalue weighted by molar-refractivity contribution is -0.136. The van der Waals surface area contributed by atoms with E-state index in [2.05, 4.69) is 17.2 Å². The van der Waals surface area contributed by atoms with Crippen molar-refractivity contribution in [3.05, 3.63) is 11.1 Å². The molecule has 0 atom stereocenters. The second-order valence-electron chi connectivity index (χ2n) is 4.43. The Morgan fingerprint density at radius 1 is 1.32 bits per heavy atom. The molecule has 0 saturated carbocycles. The van der Waals surface area contributed by atoms with Crippen LogP contribution >= 0.6 is 11.3 Å². The molecule has 19 heavy (non-hydrogen) atoms. The smallest absolute Gasteiger partial charge is 0.309 e. The van der Waals surface area contributed by atoms with E-state index < -0.39 is 5.97 Å². The third kappa shape index (κ3) is 6.91. The van der Waals surface area contributed by atoms with E-state index in [-0.39, 0.29) is 12.3 Å². The van der Waals surface area contributed by atoms with E-state index in [0.29, 0.717) is 17.2 Å². The van der Waals surface area contributed by atoms with Crippen LogP contribution in [0.2, 0.25) is 0 Å². The average molecular weight is 284 g/mol. The molecule has 1 rings (SSSR count). The summed E-state index contributed by atoms with van der Waals surface area (Å²) in [4.78, 5) is 26.2. The van der Waals surface area contributed by atoms with Crippen molar-refractivity contribution in [2.75, 3.05) is 5.32 Å². The molecule has 1 amide bonds. The van der Waals surface area contributed by atoms with Crippen LogP contribution in [-0.4, -0.2) is 22.0 Å². The number of amides is 1. The van der Waals surface area contributed by atoms with Crippen molar-refractivity contribution in [1.82, 2.24) is 4.98 Å². The van der Waals surface area contributed by atoms with Crippen LogP contribution in [0.25, 0.3) is 0 Å². The van der Waals surface area contributed by atoms with E-state index in [9.17, 15) is 9.59 Å². The van der Waals surface area contributed by atoms with Gasteiger partial charge in [-0.3, -0.25) is 9.59 Å². The molecule has 1 heterocycles. The van der Waals surface area contributed by atoms with Gasteiger partial charge in [0.1, 0.15) is 0 Å². The number of carboxylic acid groups (broad SMARTS) is 1. The molecule has 0 radical (unpaired) electrons. The molecule has 0 aliphatic carbocycles. The van der Waals surface area contributed by atoms with Crippen molar-refractivity contribution < 1.29 is 14.7 Å². The molecule has 0 spiro atoms. The zero-order valence-corrected chi connectivity index (χ0v) is 12.0. The van der Waals surface area contributed by atoms with Gasteiger partial charge in [-0.25, -0.2) is 4.98 Å². The second kappa shape index (κ2) is 8.63. The molecular weight excluding hydrogens is 264 g/mol. The van der Waals surface area contributed by atoms with Gasteiger partial charge in [-0.2, -0.15) is 0 Å². The predicted molar refractivity (Wildman–Crippen MR) is 75.5 cm³/mol. The van der Waals surface area contributed by atoms with Crippen LogP contribution < -0.4 is 5.32 Å². The highest BCUT2D eigenvalue weighted by Crippen LogP contribution is 2.16. The molecule has 1 aromatic rings. The summed E-state index contributed by atoms with van der Waals surface area (Å²) in [5, 5.41) is 13.5. The first-order valence-electron chi connectivity index (χ1n) is 6.58. The third-order valence-corrected chi connectivity index (χ3v) is 3.44. The molecular formula is C13H20N2O3S. The fourth-order valence-corrected chi connectivity index (χ4v) is 2.40. The summed E-state index contributed by atoms with van der Waals surface area (Å²) in [7, 11) is 0. The number of rotatable bonds is 9. The van der Waals surface area contributed by atoms with Crippen LogP contribution in [-0.2, 0) is 16.0 Å². The summed E-state index contributed by atoms with van der Waals surface area (Å²) in [6, 6.07) is 0. The zero-order chi connectivity index (χ0) is 14.1. The Labute approximate surface area is 117 Å². The molecule has 0 fully saturated rings. The molecule has 2 N–H and O–H groups in total. The first kappa shape index (κ1) is 15.6. The van der Waals surface area contributed by atoms with E-state index in [1.165, 1.54) is 30.6 Å². The lowest BCUT2D eigenvalue weighted by Gasteiger charge is -2.01. The number of aliphatic carboxylic acids is 1. The molecule has 0 saturated heterocycles. The van der Waals surface area contributed by atoms with Gasteiger partial charge in [0, 0.05) is 11.8 Å². The maximum atomic E-state index is 11.6. The second-order valence-corrected chi connectivity index (χ2v) is 5.29. The molecule has 0 aromatic carbocycles. The van der Waals surface area contributed by atoms with Crippen LogP contribution in [0.3, 0.4) is 0 Å². The molecule has 106 valence electrons. The number of aromatic nitrogens is 1. The van der Waals surface area contributed by atoms with Gasteiger partial charge in [0.05, 0.1) is 12.1 Å². The van der Waals surface area contributed by atoms with Crippen molar-refractivity contribution in [2.24, 2.45) is 0 Å². The Kier molecular flexibility index (Phi) is 7.10. The first-order valence-corrected chi connectivity index (χ1v) is 7.45. The molecule has 0 aliphatic heterocycles. The van der Waals surface area contributed by atoms with E-state index in [4.69, 9.17) is 5.11 Å². The van der Waals surface area contributed by atoms with E-state index in [1.807, 2.05) is 0 Å². The van der Waals surface area contributed by atoms with Crippen molar-refractivity contribution in [1.29, 1.82) is 0 Å². The van der Waals surface area contributed by atoms with E-state index >= 15 is 0 Å². The lowest BCUT2D eigenvalue weighted by Crippen LogP contribution is -2.11. The van der Waals surface area contributed by atoms with Gasteiger partial charge in [-0.15, -0.1) is 11.3 Å². The van der Waals surface area contributed by atoms with Crippen molar-refractivity contribution >= 4 is 28.3 Å². The average Bonchev–Trinajstić information content (AvgIpc) is 2.75. The molecule has 6 heteroatoms. The van der Waals surface area contributed by atoms with Gasteiger partial charge in [-0.05, 0) is 6.42 Å². The Bertz CT molecular complexity index is 418. The summed E-state index contributed by atoms with van der Waals surface area (Å²) < 4.78 is 0. The SMILES string of the molecule is CCCCCCCC(=O)Nc1nc(CC(=O)O)cs1. The Balaban J connectivity index is 2.24. The molecule has 1 aromatic heterocycles. The number of carbonyl (C=O) groups excluding carboxylic acids is 1. The summed E-state index contributed by atoms with van der Waals surface area (Å²) in [5.74, 6) is -0.966. The first-order chi connectivity index (χ1) is 9.11. The molecule has 5 nitrogen and oxygen atoms in total. The number of carboxylic acids is 1. The van der Waals surface area contributed by atoms with E-state index in [1.54, 1.807) is 5.38 Å². The fraction of sp³-hybridized carbons (Fsp3) is 0.615. The maximum absolute atomic E-state index is 11.6. The van der Waals surface area contributed by atoms with Gasteiger partial charge in [-0.1, -0.05) is 32.6 Å². The minimum absolute atomic E-state index is 0.0484. The topological polar surface area (TPSA) is 79.3 Å². The largest absolute Gasteiger partial charge is 0.481 e. The number of thiazole rings is 1. The number of carbonyl (C=O) groups is 2. The summed E-state index contributed by atoms with van der Waals surface area (Å²) >= 11 is 1.26. The highest BCUT2D eigenvalue weighted by Gasteiger charge is 2.08. The van der Waals surface area contributed by atoms with Crippen LogP contribution in [0.4, 0.5) is 5.13 Å². The number of nitrogens with one attached hydrogen (secondary N) is 1. The summed E-state index contributed by atoms with van der Waals surface area (Å²) in [6.45, 7) is 2.16. The zero-order valence-electron chi connectivity index (χ0n) is 11.1. The quantitative estimate of drug-likeness (QED) is 0.683. The normalized spacial score (nSPS) is 10.4. The molecule has 0 bridgehead atoms. The van der Waals surface area contributed by atoms with E-state index in [0.717, 1.165) is 12.8 Å². The summed E-state index contributed by atoms with van der Waals surface area (Å²) in [5.41, 5.74) is 0.482. The van der Waals surface area contributed by atoms with Gasteiger partial charge < -0.3 is 10.4 Å². The Morgan fingerprint density at radius 3 is 2.74 bits per heavy atom. The number of unbranched alkanes of at least 4 members (excludes halogenated alkanes) is 4. The van der Waals surface area contributed by atoms with Crippen LogP contribution in [0.1, 0.15) is 51.1 Å². The maximum Gasteiger partial charge on any atom is 0.309 e. The van der Waals surface area contributed by atoms with Crippen molar-refractivity contribution in [3.63, 3.8) is 0 Å². The number of anilines is 1. The Hall–Kier alpha value is -1.43. The molecule has 0 unspecified atom stereocenters. The molecule has 0 aliphatic rings. The van der Waals surface area contributed by atoms with Crippen LogP contribution in [0, 0.1) is 0 Å². The number of nitrogens with zero attached hydrogens (tertiary/aromatic N) is 1.